The lowest BCUT2D eigenvalue weighted by Crippen LogP contribution is -2.47. The lowest BCUT2D eigenvalue weighted by Gasteiger charge is -2.36. The number of hydrogen-bond acceptors (Lipinski definition) is 6. The molecule has 1 N–H and O–H groups in total. The van der Waals surface area contributed by atoms with Gasteiger partial charge < -0.3 is 15.0 Å². The van der Waals surface area contributed by atoms with Crippen LogP contribution in [0.15, 0.2) is 42.6 Å². The first-order chi connectivity index (χ1) is 13.2. The molecule has 6 nitrogen and oxygen atoms in total. The van der Waals surface area contributed by atoms with Gasteiger partial charge in [0.2, 0.25) is 0 Å². The van der Waals surface area contributed by atoms with Crippen molar-refractivity contribution in [2.75, 3.05) is 56.1 Å². The number of carbonyl (C=O) groups excluding carboxylic acids is 1. The van der Waals surface area contributed by atoms with Crippen LogP contribution < -0.4 is 10.2 Å². The van der Waals surface area contributed by atoms with Gasteiger partial charge in [-0.3, -0.25) is 4.90 Å². The van der Waals surface area contributed by atoms with Crippen molar-refractivity contribution in [2.45, 2.75) is 6.92 Å². The molecule has 1 fully saturated rings. The fourth-order valence-corrected chi connectivity index (χ4v) is 3.06. The van der Waals surface area contributed by atoms with Gasteiger partial charge >= 0.3 is 5.97 Å². The largest absolute Gasteiger partial charge is 0.462 e. The number of aromatic nitrogens is 1. The van der Waals surface area contributed by atoms with Gasteiger partial charge in [0.1, 0.15) is 11.6 Å². The monoisotopic (exact) mass is 372 g/mol. The molecule has 1 aliphatic heterocycles. The number of pyridine rings is 1. The standard InChI is InChI=1S/C20H25FN4O2/c1-2-27-20(26)16-3-8-19(23-15-16)22-9-10-24-11-13-25(14-12-24)18-6-4-17(21)5-7-18/h3-8,15H,2,9-14H2,1H3,(H,22,23). The highest BCUT2D eigenvalue weighted by Crippen LogP contribution is 2.16. The molecule has 3 rings (SSSR count). The molecule has 0 saturated carbocycles. The lowest BCUT2D eigenvalue weighted by atomic mass is 10.2. The second-order valence-electron chi connectivity index (χ2n) is 6.38. The van der Waals surface area contributed by atoms with Crippen LogP contribution in [0.2, 0.25) is 0 Å². The Morgan fingerprint density at radius 1 is 1.15 bits per heavy atom. The van der Waals surface area contributed by atoms with E-state index >= 15 is 0 Å². The Labute approximate surface area is 158 Å². The predicted molar refractivity (Wildman–Crippen MR) is 104 cm³/mol. The summed E-state index contributed by atoms with van der Waals surface area (Å²) in [5, 5.41) is 3.28. The Kier molecular flexibility index (Phi) is 6.59. The maximum absolute atomic E-state index is 13.0. The SMILES string of the molecule is CCOC(=O)c1ccc(NCCN2CCN(c3ccc(F)cc3)CC2)nc1. The first kappa shape index (κ1) is 19.1. The Morgan fingerprint density at radius 3 is 2.52 bits per heavy atom. The first-order valence-corrected chi connectivity index (χ1v) is 9.25. The van der Waals surface area contributed by atoms with E-state index in [1.165, 1.54) is 18.3 Å². The van der Waals surface area contributed by atoms with Gasteiger partial charge in [-0.05, 0) is 43.3 Å². The van der Waals surface area contributed by atoms with Crippen LogP contribution >= 0.6 is 0 Å². The van der Waals surface area contributed by atoms with Gasteiger partial charge in [-0.1, -0.05) is 0 Å². The zero-order chi connectivity index (χ0) is 19.1. The van der Waals surface area contributed by atoms with Crippen molar-refractivity contribution in [1.29, 1.82) is 0 Å². The highest BCUT2D eigenvalue weighted by atomic mass is 19.1. The molecule has 0 spiro atoms. The van der Waals surface area contributed by atoms with E-state index in [2.05, 4.69) is 20.1 Å². The van der Waals surface area contributed by atoms with Crippen molar-refractivity contribution in [1.82, 2.24) is 9.88 Å². The third-order valence-corrected chi connectivity index (χ3v) is 4.57. The van der Waals surface area contributed by atoms with E-state index in [-0.39, 0.29) is 11.8 Å². The number of esters is 1. The Hall–Kier alpha value is -2.67. The van der Waals surface area contributed by atoms with E-state index in [4.69, 9.17) is 4.74 Å². The normalized spacial score (nSPS) is 14.8. The molecule has 1 aliphatic rings. The molecule has 0 amide bonds. The average molecular weight is 372 g/mol. The summed E-state index contributed by atoms with van der Waals surface area (Å²) in [5.41, 5.74) is 1.53. The third-order valence-electron chi connectivity index (χ3n) is 4.57. The van der Waals surface area contributed by atoms with E-state index in [1.54, 1.807) is 19.1 Å². The van der Waals surface area contributed by atoms with Crippen LogP contribution in [-0.4, -0.2) is 61.7 Å². The maximum atomic E-state index is 13.0. The van der Waals surface area contributed by atoms with Gasteiger partial charge in [-0.25, -0.2) is 14.2 Å². The fraction of sp³-hybridized carbons (Fsp3) is 0.400. The average Bonchev–Trinajstić information content (AvgIpc) is 2.70. The third kappa shape index (κ3) is 5.40. The zero-order valence-electron chi connectivity index (χ0n) is 15.5. The summed E-state index contributed by atoms with van der Waals surface area (Å²) in [6, 6.07) is 10.2. The number of piperazine rings is 1. The molecule has 2 heterocycles. The first-order valence-electron chi connectivity index (χ1n) is 9.25. The zero-order valence-corrected chi connectivity index (χ0v) is 15.5. The quantitative estimate of drug-likeness (QED) is 0.754. The lowest BCUT2D eigenvalue weighted by molar-refractivity contribution is 0.0526. The van der Waals surface area contributed by atoms with Crippen molar-refractivity contribution in [3.05, 3.63) is 54.0 Å². The van der Waals surface area contributed by atoms with Crippen LogP contribution in [0.25, 0.3) is 0 Å². The topological polar surface area (TPSA) is 57.7 Å². The highest BCUT2D eigenvalue weighted by molar-refractivity contribution is 5.89. The van der Waals surface area contributed by atoms with E-state index in [9.17, 15) is 9.18 Å². The molecule has 1 aromatic carbocycles. The molecule has 7 heteroatoms. The molecular weight excluding hydrogens is 347 g/mol. The smallest absolute Gasteiger partial charge is 0.339 e. The number of anilines is 2. The van der Waals surface area contributed by atoms with Crippen LogP contribution in [0, 0.1) is 5.82 Å². The molecule has 2 aromatic rings. The summed E-state index contributed by atoms with van der Waals surface area (Å²) < 4.78 is 18.0. The van der Waals surface area contributed by atoms with Gasteiger partial charge in [-0.2, -0.15) is 0 Å². The molecule has 0 atom stereocenters. The molecular formula is C20H25FN4O2. The maximum Gasteiger partial charge on any atom is 0.339 e. The van der Waals surface area contributed by atoms with Crippen molar-refractivity contribution >= 4 is 17.5 Å². The summed E-state index contributed by atoms with van der Waals surface area (Å²) in [6.07, 6.45) is 1.53. The van der Waals surface area contributed by atoms with Crippen LogP contribution in [0.1, 0.15) is 17.3 Å². The second kappa shape index (κ2) is 9.32. The molecule has 1 aromatic heterocycles. The van der Waals surface area contributed by atoms with Gasteiger partial charge in [0.15, 0.2) is 0 Å². The number of hydrogen-bond donors (Lipinski definition) is 1. The number of nitrogens with one attached hydrogen (secondary N) is 1. The second-order valence-corrected chi connectivity index (χ2v) is 6.38. The number of nitrogens with zero attached hydrogens (tertiary/aromatic N) is 3. The minimum absolute atomic E-state index is 0.202. The number of rotatable bonds is 7. The number of ether oxygens (including phenoxy) is 1. The summed E-state index contributed by atoms with van der Waals surface area (Å²) in [4.78, 5) is 20.5. The van der Waals surface area contributed by atoms with E-state index in [0.29, 0.717) is 12.2 Å². The molecule has 27 heavy (non-hydrogen) atoms. The van der Waals surface area contributed by atoms with E-state index in [1.807, 2.05) is 12.1 Å². The minimum atomic E-state index is -0.351. The summed E-state index contributed by atoms with van der Waals surface area (Å²) in [6.45, 7) is 7.62. The molecule has 0 unspecified atom stereocenters. The molecule has 0 aliphatic carbocycles. The summed E-state index contributed by atoms with van der Waals surface area (Å²) in [7, 11) is 0. The number of halogens is 1. The minimum Gasteiger partial charge on any atom is -0.462 e. The van der Waals surface area contributed by atoms with Crippen LogP contribution in [0.4, 0.5) is 15.9 Å². The van der Waals surface area contributed by atoms with E-state index < -0.39 is 0 Å². The van der Waals surface area contributed by atoms with Crippen molar-refractivity contribution in [3.8, 4) is 0 Å². The number of benzene rings is 1. The molecule has 0 bridgehead atoms. The van der Waals surface area contributed by atoms with Gasteiger partial charge in [0, 0.05) is 51.2 Å². The van der Waals surface area contributed by atoms with Crippen LogP contribution in [-0.2, 0) is 4.74 Å². The van der Waals surface area contributed by atoms with Gasteiger partial charge in [-0.15, -0.1) is 0 Å². The molecule has 1 saturated heterocycles. The number of carbonyl (C=O) groups is 1. The van der Waals surface area contributed by atoms with Gasteiger partial charge in [0.05, 0.1) is 12.2 Å². The fourth-order valence-electron chi connectivity index (χ4n) is 3.06. The molecule has 144 valence electrons. The predicted octanol–water partition coefficient (Wildman–Crippen LogP) is 2.63. The van der Waals surface area contributed by atoms with Crippen LogP contribution in [0.5, 0.6) is 0 Å². The van der Waals surface area contributed by atoms with Crippen molar-refractivity contribution < 1.29 is 13.9 Å². The van der Waals surface area contributed by atoms with Crippen molar-refractivity contribution in [2.24, 2.45) is 0 Å². The molecule has 0 radical (unpaired) electrons. The van der Waals surface area contributed by atoms with E-state index in [0.717, 1.165) is 50.8 Å². The van der Waals surface area contributed by atoms with Crippen molar-refractivity contribution in [3.63, 3.8) is 0 Å². The Bertz CT molecular complexity index is 729. The van der Waals surface area contributed by atoms with Crippen LogP contribution in [0.3, 0.4) is 0 Å². The summed E-state index contributed by atoms with van der Waals surface area (Å²) >= 11 is 0. The summed E-state index contributed by atoms with van der Waals surface area (Å²) in [5.74, 6) is 0.191. The Morgan fingerprint density at radius 2 is 1.89 bits per heavy atom. The van der Waals surface area contributed by atoms with Gasteiger partial charge in [0.25, 0.3) is 0 Å². The Balaban J connectivity index is 1.39. The highest BCUT2D eigenvalue weighted by Gasteiger charge is 2.16.